The van der Waals surface area contributed by atoms with E-state index in [0.29, 0.717) is 22.4 Å². The van der Waals surface area contributed by atoms with Crippen molar-refractivity contribution in [3.63, 3.8) is 0 Å². The van der Waals surface area contributed by atoms with Crippen LogP contribution < -0.4 is 5.73 Å². The molecule has 0 unspecified atom stereocenters. The summed E-state index contributed by atoms with van der Waals surface area (Å²) in [7, 11) is 0. The van der Waals surface area contributed by atoms with Gasteiger partial charge >= 0.3 is 0 Å². The van der Waals surface area contributed by atoms with Gasteiger partial charge in [-0.25, -0.2) is 0 Å². The molecule has 1 aromatic carbocycles. The quantitative estimate of drug-likeness (QED) is 0.887. The molecule has 98 valence electrons. The summed E-state index contributed by atoms with van der Waals surface area (Å²) >= 11 is 11.8. The van der Waals surface area contributed by atoms with Crippen LogP contribution in [0.3, 0.4) is 0 Å². The van der Waals surface area contributed by atoms with Crippen molar-refractivity contribution < 1.29 is 5.11 Å². The van der Waals surface area contributed by atoms with Gasteiger partial charge in [0.25, 0.3) is 0 Å². The van der Waals surface area contributed by atoms with Crippen molar-refractivity contribution in [2.45, 2.75) is 32.4 Å². The summed E-state index contributed by atoms with van der Waals surface area (Å²) < 4.78 is 0. The van der Waals surface area contributed by atoms with E-state index in [1.54, 1.807) is 18.2 Å². The van der Waals surface area contributed by atoms with Gasteiger partial charge in [-0.1, -0.05) is 43.1 Å². The molecule has 0 spiro atoms. The fourth-order valence-electron chi connectivity index (χ4n) is 1.61. The van der Waals surface area contributed by atoms with Gasteiger partial charge in [-0.05, 0) is 30.0 Å². The van der Waals surface area contributed by atoms with Crippen LogP contribution in [0.2, 0.25) is 10.0 Å². The number of halogens is 3. The molecule has 1 rings (SSSR count). The molecule has 0 bridgehead atoms. The Labute approximate surface area is 119 Å². The first kappa shape index (κ1) is 17.0. The van der Waals surface area contributed by atoms with E-state index in [0.717, 1.165) is 5.56 Å². The Morgan fingerprint density at radius 3 is 2.35 bits per heavy atom. The zero-order valence-corrected chi connectivity index (χ0v) is 12.2. The van der Waals surface area contributed by atoms with Crippen molar-refractivity contribution in [1.29, 1.82) is 0 Å². The lowest BCUT2D eigenvalue weighted by Crippen LogP contribution is -2.27. The maximum atomic E-state index is 9.92. The van der Waals surface area contributed by atoms with Crippen molar-refractivity contribution in [3.8, 4) is 0 Å². The van der Waals surface area contributed by atoms with Crippen molar-refractivity contribution >= 4 is 35.6 Å². The first-order chi connectivity index (χ1) is 7.41. The van der Waals surface area contributed by atoms with Crippen LogP contribution in [0.25, 0.3) is 0 Å². The molecular formula is C12H18Cl3NO. The van der Waals surface area contributed by atoms with Gasteiger partial charge in [0, 0.05) is 10.0 Å². The van der Waals surface area contributed by atoms with Crippen molar-refractivity contribution in [2.75, 3.05) is 0 Å². The highest BCUT2D eigenvalue weighted by Crippen LogP contribution is 2.28. The third-order valence-corrected chi connectivity index (χ3v) is 3.01. The molecule has 0 radical (unpaired) electrons. The van der Waals surface area contributed by atoms with Gasteiger partial charge in [0.1, 0.15) is 0 Å². The van der Waals surface area contributed by atoms with Gasteiger partial charge in [0.2, 0.25) is 0 Å². The van der Waals surface area contributed by atoms with E-state index in [2.05, 4.69) is 0 Å². The molecule has 2 atom stereocenters. The molecule has 0 amide bonds. The number of nitrogens with two attached hydrogens (primary N) is 1. The Morgan fingerprint density at radius 2 is 1.88 bits per heavy atom. The maximum absolute atomic E-state index is 9.92. The second kappa shape index (κ2) is 7.45. The summed E-state index contributed by atoms with van der Waals surface area (Å²) in [6.07, 6.45) is 0.0683. The fourth-order valence-corrected chi connectivity index (χ4v) is 2.14. The summed E-state index contributed by atoms with van der Waals surface area (Å²) in [5.41, 5.74) is 6.70. The van der Waals surface area contributed by atoms with Gasteiger partial charge in [-0.3, -0.25) is 0 Å². The Morgan fingerprint density at radius 1 is 1.29 bits per heavy atom. The minimum Gasteiger partial charge on any atom is -0.391 e. The maximum Gasteiger partial charge on any atom is 0.0735 e. The van der Waals surface area contributed by atoms with E-state index in [4.69, 9.17) is 28.9 Å². The average Bonchev–Trinajstić information content (AvgIpc) is 2.15. The molecule has 0 aliphatic carbocycles. The number of hydrogen-bond acceptors (Lipinski definition) is 2. The molecular weight excluding hydrogens is 280 g/mol. The number of hydrogen-bond donors (Lipinski definition) is 2. The molecule has 0 aliphatic rings. The van der Waals surface area contributed by atoms with E-state index in [-0.39, 0.29) is 12.4 Å². The summed E-state index contributed by atoms with van der Waals surface area (Å²) in [5, 5.41) is 11.0. The highest BCUT2D eigenvalue weighted by atomic mass is 35.5. The van der Waals surface area contributed by atoms with Crippen LogP contribution in [0.15, 0.2) is 18.2 Å². The third kappa shape index (κ3) is 5.02. The Kier molecular flexibility index (Phi) is 7.45. The zero-order chi connectivity index (χ0) is 12.3. The van der Waals surface area contributed by atoms with Gasteiger partial charge in [-0.15, -0.1) is 12.4 Å². The highest BCUT2D eigenvalue weighted by molar-refractivity contribution is 6.35. The predicted molar refractivity (Wildman–Crippen MR) is 76.1 cm³/mol. The van der Waals surface area contributed by atoms with Crippen LogP contribution in [0.1, 0.15) is 31.9 Å². The Bertz CT molecular complexity index is 358. The van der Waals surface area contributed by atoms with E-state index < -0.39 is 12.1 Å². The molecule has 0 aliphatic heterocycles. The highest BCUT2D eigenvalue weighted by Gasteiger charge is 2.20. The smallest absolute Gasteiger partial charge is 0.0735 e. The van der Waals surface area contributed by atoms with Crippen LogP contribution >= 0.6 is 35.6 Å². The minimum absolute atomic E-state index is 0. The second-order valence-electron chi connectivity index (χ2n) is 4.39. The van der Waals surface area contributed by atoms with Crippen LogP contribution in [0.5, 0.6) is 0 Å². The van der Waals surface area contributed by atoms with Crippen LogP contribution in [0, 0.1) is 5.92 Å². The lowest BCUT2D eigenvalue weighted by molar-refractivity contribution is 0.121. The standard InChI is InChI=1S/C12H17Cl2NO.ClH/c1-7(2)5-11(16)12(15)9-4-3-8(13)6-10(9)14;/h3-4,6-7,11-12,16H,5,15H2,1-2H3;1H/t11-,12+;/m0./s1. The number of benzene rings is 1. The largest absolute Gasteiger partial charge is 0.391 e. The van der Waals surface area contributed by atoms with E-state index in [1.165, 1.54) is 0 Å². The molecule has 0 fully saturated rings. The number of aliphatic hydroxyl groups is 1. The summed E-state index contributed by atoms with van der Waals surface area (Å²) in [4.78, 5) is 0. The molecule has 0 heterocycles. The fraction of sp³-hybridized carbons (Fsp3) is 0.500. The van der Waals surface area contributed by atoms with E-state index >= 15 is 0 Å². The topological polar surface area (TPSA) is 46.2 Å². The number of rotatable bonds is 4. The molecule has 5 heteroatoms. The summed E-state index contributed by atoms with van der Waals surface area (Å²) in [6.45, 7) is 4.08. The Hall–Kier alpha value is 0.01000. The van der Waals surface area contributed by atoms with E-state index in [1.807, 2.05) is 13.8 Å². The van der Waals surface area contributed by atoms with Crippen LogP contribution in [-0.4, -0.2) is 11.2 Å². The monoisotopic (exact) mass is 297 g/mol. The first-order valence-electron chi connectivity index (χ1n) is 5.30. The van der Waals surface area contributed by atoms with Gasteiger partial charge in [-0.2, -0.15) is 0 Å². The van der Waals surface area contributed by atoms with Crippen molar-refractivity contribution in [3.05, 3.63) is 33.8 Å². The van der Waals surface area contributed by atoms with Crippen molar-refractivity contribution in [1.82, 2.24) is 0 Å². The minimum atomic E-state index is -0.585. The first-order valence-corrected chi connectivity index (χ1v) is 6.06. The molecule has 1 aromatic rings. The van der Waals surface area contributed by atoms with Crippen LogP contribution in [0.4, 0.5) is 0 Å². The lowest BCUT2D eigenvalue weighted by Gasteiger charge is -2.21. The third-order valence-electron chi connectivity index (χ3n) is 2.45. The summed E-state index contributed by atoms with van der Waals surface area (Å²) in [6, 6.07) is 4.66. The summed E-state index contributed by atoms with van der Waals surface area (Å²) in [5.74, 6) is 0.395. The van der Waals surface area contributed by atoms with Gasteiger partial charge in [0.05, 0.1) is 12.1 Å². The predicted octanol–water partition coefficient (Wildman–Crippen LogP) is 3.82. The molecule has 0 aromatic heterocycles. The van der Waals surface area contributed by atoms with Gasteiger partial charge < -0.3 is 10.8 Å². The SMILES string of the molecule is CC(C)C[C@H](O)[C@H](N)c1ccc(Cl)cc1Cl.Cl. The lowest BCUT2D eigenvalue weighted by atomic mass is 9.95. The van der Waals surface area contributed by atoms with E-state index in [9.17, 15) is 5.11 Å². The molecule has 2 nitrogen and oxygen atoms in total. The average molecular weight is 299 g/mol. The molecule has 0 saturated heterocycles. The molecule has 17 heavy (non-hydrogen) atoms. The number of aliphatic hydroxyl groups excluding tert-OH is 1. The zero-order valence-electron chi connectivity index (χ0n) is 9.86. The normalized spacial score (nSPS) is 14.3. The second-order valence-corrected chi connectivity index (χ2v) is 5.23. The molecule has 0 saturated carbocycles. The van der Waals surface area contributed by atoms with Crippen molar-refractivity contribution in [2.24, 2.45) is 11.7 Å². The van der Waals surface area contributed by atoms with Crippen LogP contribution in [-0.2, 0) is 0 Å². The Balaban J connectivity index is 0.00000256. The van der Waals surface area contributed by atoms with Gasteiger partial charge in [0.15, 0.2) is 0 Å². The molecule has 3 N–H and O–H groups in total.